The van der Waals surface area contributed by atoms with E-state index in [0.717, 1.165) is 5.57 Å². The topological polar surface area (TPSA) is 26.0 Å². The molecule has 2 aliphatic carbocycles. The van der Waals surface area contributed by atoms with Crippen LogP contribution >= 0.6 is 17.0 Å². The monoisotopic (exact) mass is 681 g/mol. The van der Waals surface area contributed by atoms with E-state index in [2.05, 4.69) is 134 Å². The van der Waals surface area contributed by atoms with Gasteiger partial charge >= 0.3 is 257 Å². The van der Waals surface area contributed by atoms with Crippen LogP contribution in [0.5, 0.6) is 0 Å². The van der Waals surface area contributed by atoms with Crippen LogP contribution in [-0.2, 0) is 15.0 Å². The summed E-state index contributed by atoms with van der Waals surface area (Å²) in [6, 6.07) is 34.4. The van der Waals surface area contributed by atoms with Crippen molar-refractivity contribution in [1.82, 2.24) is 4.98 Å². The minimum absolute atomic E-state index is 0.0213. The Kier molecular flexibility index (Phi) is 6.98. The van der Waals surface area contributed by atoms with Gasteiger partial charge in [0.25, 0.3) is 0 Å². The molecule has 5 aromatic rings. The van der Waals surface area contributed by atoms with E-state index in [1.165, 1.54) is 50.1 Å². The fourth-order valence-corrected chi connectivity index (χ4v) is 36.3. The Hall–Kier alpha value is -2.75. The normalized spacial score (nSPS) is 17.9. The first-order valence-electron chi connectivity index (χ1n) is 14.3. The van der Waals surface area contributed by atoms with Gasteiger partial charge < -0.3 is 0 Å². The third-order valence-corrected chi connectivity index (χ3v) is 55.8. The Morgan fingerprint density at radius 2 is 1.24 bits per heavy atom. The molecule has 7 rings (SSSR count). The van der Waals surface area contributed by atoms with Gasteiger partial charge in [-0.25, -0.2) is 0 Å². The SMILES string of the molecule is CC1=Cc2c(-c3ccccc3)cccc2[CH]1[Zr]([Cl])([Cl])([CH]1C(c2ncco2)=Cc2c(-c3ccccc3)cccc21)=[Si](C)C. The first kappa shape index (κ1) is 28.0. The number of hydrogen-bond acceptors (Lipinski definition) is 2. The number of aromatic nitrogens is 1. The molecule has 0 saturated heterocycles. The van der Waals surface area contributed by atoms with Crippen LogP contribution in [0, 0.1) is 0 Å². The molecule has 0 N–H and O–H groups in total. The molecule has 0 radical (unpaired) electrons. The van der Waals surface area contributed by atoms with Gasteiger partial charge in [-0.2, -0.15) is 0 Å². The molecule has 2 unspecified atom stereocenters. The van der Waals surface area contributed by atoms with E-state index in [1.54, 1.807) is 12.5 Å². The van der Waals surface area contributed by atoms with Crippen molar-refractivity contribution in [2.75, 3.05) is 0 Å². The van der Waals surface area contributed by atoms with Crippen LogP contribution in [-0.4, -0.2) is 10.4 Å². The second-order valence-corrected chi connectivity index (χ2v) is 50.5. The molecule has 4 aromatic carbocycles. The van der Waals surface area contributed by atoms with Gasteiger partial charge in [0.1, 0.15) is 0 Å². The summed E-state index contributed by atoms with van der Waals surface area (Å²) in [5.74, 6) is 0.609. The first-order valence-corrected chi connectivity index (χ1v) is 29.7. The second-order valence-electron chi connectivity index (χ2n) is 11.7. The molecule has 208 valence electrons. The molecule has 0 amide bonds. The van der Waals surface area contributed by atoms with Gasteiger partial charge in [0.2, 0.25) is 0 Å². The number of fused-ring (bicyclic) bond motifs is 2. The van der Waals surface area contributed by atoms with Crippen molar-refractivity contribution >= 4 is 40.2 Å². The zero-order valence-corrected chi connectivity index (χ0v) is 28.8. The molecule has 0 saturated carbocycles. The van der Waals surface area contributed by atoms with Crippen molar-refractivity contribution in [3.8, 4) is 22.3 Å². The van der Waals surface area contributed by atoms with Crippen molar-refractivity contribution in [2.45, 2.75) is 27.3 Å². The van der Waals surface area contributed by atoms with Crippen molar-refractivity contribution < 1.29 is 19.4 Å². The summed E-state index contributed by atoms with van der Waals surface area (Å²) < 4.78 is 5.84. The number of oxazole rings is 1. The predicted molar refractivity (Wildman–Crippen MR) is 176 cm³/mol. The van der Waals surface area contributed by atoms with Crippen molar-refractivity contribution in [1.29, 1.82) is 0 Å². The summed E-state index contributed by atoms with van der Waals surface area (Å²) in [6.07, 6.45) is 7.96. The molecule has 1 aromatic heterocycles. The quantitative estimate of drug-likeness (QED) is 0.172. The number of halogens is 2. The molecule has 2 nitrogen and oxygen atoms in total. The van der Waals surface area contributed by atoms with Crippen LogP contribution in [0.1, 0.15) is 42.3 Å². The Balaban J connectivity index is 1.50. The Morgan fingerprint density at radius 3 is 1.76 bits per heavy atom. The summed E-state index contributed by atoms with van der Waals surface area (Å²) in [6.45, 7) is 6.88. The van der Waals surface area contributed by atoms with E-state index in [-0.39, 0.29) is 7.25 Å². The summed E-state index contributed by atoms with van der Waals surface area (Å²) in [5.41, 5.74) is 10.7. The molecule has 0 spiro atoms. The van der Waals surface area contributed by atoms with Crippen molar-refractivity contribution in [3.63, 3.8) is 0 Å². The van der Waals surface area contributed by atoms with Gasteiger partial charge in [0.05, 0.1) is 0 Å². The third kappa shape index (κ3) is 4.18. The van der Waals surface area contributed by atoms with E-state index in [4.69, 9.17) is 21.4 Å². The Morgan fingerprint density at radius 1 is 0.690 bits per heavy atom. The first-order chi connectivity index (χ1) is 20.3. The van der Waals surface area contributed by atoms with Crippen LogP contribution in [0.3, 0.4) is 0 Å². The molecule has 1 heterocycles. The van der Waals surface area contributed by atoms with Gasteiger partial charge in [0.15, 0.2) is 0 Å². The van der Waals surface area contributed by atoms with Gasteiger partial charge in [-0.1, -0.05) is 0 Å². The molecule has 42 heavy (non-hydrogen) atoms. The van der Waals surface area contributed by atoms with E-state index in [9.17, 15) is 0 Å². The van der Waals surface area contributed by atoms with Crippen LogP contribution in [0.25, 0.3) is 40.0 Å². The molecule has 0 aliphatic heterocycles. The zero-order valence-electron chi connectivity index (χ0n) is 23.8. The summed E-state index contributed by atoms with van der Waals surface area (Å²) >= 11 is -4.97. The van der Waals surface area contributed by atoms with Crippen LogP contribution in [0.2, 0.25) is 13.1 Å². The van der Waals surface area contributed by atoms with Gasteiger partial charge in [-0.15, -0.1) is 0 Å². The van der Waals surface area contributed by atoms with Gasteiger partial charge in [-0.05, 0) is 0 Å². The predicted octanol–water partition coefficient (Wildman–Crippen LogP) is 11.0. The molecule has 6 heteroatoms. The standard InChI is InChI=1S/C18H12NO.C16H13.C2H6Si.2ClH.Zr/c1-2-5-13(6-3-1)16-8-4-7-14-11-15(12-17(14)16)18-19-9-10-20-18;1-12-10-14-8-5-9-15(16(14)11-12)13-6-3-2-4-7-13;1-3-2;;;/h1-12H;2-11H,1H3;1-2H3;2*1H;/q;;;;;+2/p-2. The van der Waals surface area contributed by atoms with Crippen LogP contribution < -0.4 is 0 Å². The number of hydrogen-bond donors (Lipinski definition) is 0. The molecular weight excluding hydrogens is 653 g/mol. The zero-order chi connectivity index (χ0) is 29.1. The van der Waals surface area contributed by atoms with Gasteiger partial charge in [-0.3, -0.25) is 0 Å². The minimum atomic E-state index is -4.97. The van der Waals surface area contributed by atoms with E-state index >= 15 is 0 Å². The van der Waals surface area contributed by atoms with Crippen LogP contribution in [0.15, 0.2) is 120 Å². The van der Waals surface area contributed by atoms with Crippen molar-refractivity contribution in [3.05, 3.63) is 143 Å². The fourth-order valence-electron chi connectivity index (χ4n) is 7.26. The van der Waals surface area contributed by atoms with E-state index < -0.39 is 20.4 Å². The maximum atomic E-state index is 8.47. The molecule has 2 aliphatic rings. The molecule has 2 atom stereocenters. The fraction of sp³-hybridized carbons (Fsp3) is 0.139. The van der Waals surface area contributed by atoms with Crippen LogP contribution in [0.4, 0.5) is 0 Å². The van der Waals surface area contributed by atoms with E-state index in [0.29, 0.717) is 5.89 Å². The Bertz CT molecular complexity index is 1970. The number of benzene rings is 4. The molecular formula is C36H31Cl2NOSiZr. The summed E-state index contributed by atoms with van der Waals surface area (Å²) in [4.78, 5) is 4.66. The maximum absolute atomic E-state index is 8.47. The molecule has 0 bridgehead atoms. The summed E-state index contributed by atoms with van der Waals surface area (Å²) in [5, 5.41) is 0. The number of rotatable bonds is 5. The molecule has 0 fully saturated rings. The third-order valence-electron chi connectivity index (χ3n) is 9.20. The average Bonchev–Trinajstić information content (AvgIpc) is 3.75. The summed E-state index contributed by atoms with van der Waals surface area (Å²) in [7, 11) is 16.9. The van der Waals surface area contributed by atoms with E-state index in [1.807, 2.05) is 0 Å². The Labute approximate surface area is 255 Å². The van der Waals surface area contributed by atoms with Crippen molar-refractivity contribution in [2.24, 2.45) is 0 Å². The second kappa shape index (κ2) is 10.5. The number of allylic oxidation sites excluding steroid dienone is 2. The average molecular weight is 684 g/mol. The van der Waals surface area contributed by atoms with Gasteiger partial charge in [0, 0.05) is 0 Å². The number of nitrogens with zero attached hydrogens (tertiary/aromatic N) is 1.